The molecule has 2 amide bonds. The second-order valence-electron chi connectivity index (χ2n) is 7.39. The maximum atomic E-state index is 12.9. The van der Waals surface area contributed by atoms with Gasteiger partial charge in [0.05, 0.1) is 5.92 Å². The topological polar surface area (TPSA) is 67.9 Å². The van der Waals surface area contributed by atoms with Crippen molar-refractivity contribution < 1.29 is 19.1 Å². The highest BCUT2D eigenvalue weighted by atomic mass is 16.6. The van der Waals surface area contributed by atoms with Crippen molar-refractivity contribution in [2.24, 2.45) is 0 Å². The number of carbonyl (C=O) groups excluding carboxylic acids is 2. The Morgan fingerprint density at radius 3 is 2.42 bits per heavy atom. The standard InChI is InChI=1S/C25H24N2O4/c1-17(18-11-12-22-23(16-18)31-14-13-30-22)24(28)26-20-8-6-7-19(15-20)25(29)27(2)21-9-4-3-5-10-21/h3-12,15-17H,13-14H2,1-2H3,(H,26,28). The Morgan fingerprint density at radius 1 is 0.903 bits per heavy atom. The lowest BCUT2D eigenvalue weighted by Crippen LogP contribution is -2.26. The Hall–Kier alpha value is -3.80. The molecule has 1 aliphatic rings. The van der Waals surface area contributed by atoms with Crippen molar-refractivity contribution in [3.63, 3.8) is 0 Å². The molecule has 158 valence electrons. The van der Waals surface area contributed by atoms with Crippen LogP contribution >= 0.6 is 0 Å². The summed E-state index contributed by atoms with van der Waals surface area (Å²) in [5.41, 5.74) is 2.70. The Balaban J connectivity index is 1.47. The number of ether oxygens (including phenoxy) is 2. The van der Waals surface area contributed by atoms with Gasteiger partial charge in [-0.15, -0.1) is 0 Å². The molecule has 6 heteroatoms. The Morgan fingerprint density at radius 2 is 1.65 bits per heavy atom. The lowest BCUT2D eigenvalue weighted by Gasteiger charge is -2.20. The molecule has 0 saturated heterocycles. The molecular formula is C25H24N2O4. The summed E-state index contributed by atoms with van der Waals surface area (Å²) in [7, 11) is 1.73. The second kappa shape index (κ2) is 8.92. The van der Waals surface area contributed by atoms with E-state index < -0.39 is 5.92 Å². The van der Waals surface area contributed by atoms with Crippen molar-refractivity contribution >= 4 is 23.2 Å². The van der Waals surface area contributed by atoms with E-state index in [4.69, 9.17) is 9.47 Å². The summed E-state index contributed by atoms with van der Waals surface area (Å²) in [6.45, 7) is 2.85. The van der Waals surface area contributed by atoms with E-state index in [9.17, 15) is 9.59 Å². The molecule has 0 bridgehead atoms. The maximum absolute atomic E-state index is 12.9. The monoisotopic (exact) mass is 416 g/mol. The number of carbonyl (C=O) groups is 2. The first kappa shape index (κ1) is 20.5. The molecule has 0 aliphatic carbocycles. The van der Waals surface area contributed by atoms with Crippen LogP contribution in [0.2, 0.25) is 0 Å². The number of hydrogen-bond donors (Lipinski definition) is 1. The number of anilines is 2. The number of nitrogens with one attached hydrogen (secondary N) is 1. The van der Waals surface area contributed by atoms with E-state index in [-0.39, 0.29) is 11.8 Å². The normalized spacial score (nSPS) is 13.2. The Kier molecular flexibility index (Phi) is 5.89. The van der Waals surface area contributed by atoms with Gasteiger partial charge in [-0.05, 0) is 55.0 Å². The largest absolute Gasteiger partial charge is 0.486 e. The van der Waals surface area contributed by atoms with Gasteiger partial charge in [-0.1, -0.05) is 30.3 Å². The van der Waals surface area contributed by atoms with Crippen molar-refractivity contribution in [2.45, 2.75) is 12.8 Å². The Labute approximate surface area is 181 Å². The molecule has 0 spiro atoms. The summed E-state index contributed by atoms with van der Waals surface area (Å²) in [6.07, 6.45) is 0. The number of hydrogen-bond acceptors (Lipinski definition) is 4. The molecule has 31 heavy (non-hydrogen) atoms. The van der Waals surface area contributed by atoms with Gasteiger partial charge in [0.1, 0.15) is 13.2 Å². The van der Waals surface area contributed by atoms with Crippen LogP contribution in [0.5, 0.6) is 11.5 Å². The number of rotatable bonds is 5. The minimum Gasteiger partial charge on any atom is -0.486 e. The van der Waals surface area contributed by atoms with E-state index in [1.54, 1.807) is 36.2 Å². The summed E-state index contributed by atoms with van der Waals surface area (Å²) in [4.78, 5) is 27.3. The van der Waals surface area contributed by atoms with Crippen LogP contribution in [0.15, 0.2) is 72.8 Å². The predicted molar refractivity (Wildman–Crippen MR) is 120 cm³/mol. The molecule has 0 radical (unpaired) electrons. The molecule has 0 saturated carbocycles. The van der Waals surface area contributed by atoms with Crippen LogP contribution in [-0.2, 0) is 4.79 Å². The van der Waals surface area contributed by atoms with Gasteiger partial charge in [-0.2, -0.15) is 0 Å². The van der Waals surface area contributed by atoms with Crippen molar-refractivity contribution in [3.05, 3.63) is 83.9 Å². The van der Waals surface area contributed by atoms with E-state index in [1.807, 2.05) is 55.5 Å². The molecule has 3 aromatic rings. The summed E-state index contributed by atoms with van der Waals surface area (Å²) in [5, 5.41) is 2.91. The fraction of sp³-hybridized carbons (Fsp3) is 0.200. The van der Waals surface area contributed by atoms with Crippen LogP contribution in [-0.4, -0.2) is 32.1 Å². The van der Waals surface area contributed by atoms with Crippen LogP contribution in [0.25, 0.3) is 0 Å². The van der Waals surface area contributed by atoms with Gasteiger partial charge >= 0.3 is 0 Å². The van der Waals surface area contributed by atoms with Crippen LogP contribution in [0.1, 0.15) is 28.8 Å². The average Bonchev–Trinajstić information content (AvgIpc) is 2.83. The highest BCUT2D eigenvalue weighted by Crippen LogP contribution is 2.33. The van der Waals surface area contributed by atoms with Gasteiger partial charge in [0.25, 0.3) is 5.91 Å². The second-order valence-corrected chi connectivity index (χ2v) is 7.39. The highest BCUT2D eigenvalue weighted by molar-refractivity contribution is 6.06. The van der Waals surface area contributed by atoms with E-state index in [0.29, 0.717) is 36.0 Å². The van der Waals surface area contributed by atoms with Crippen molar-refractivity contribution in [1.29, 1.82) is 0 Å². The summed E-state index contributed by atoms with van der Waals surface area (Å²) < 4.78 is 11.2. The van der Waals surface area contributed by atoms with Crippen LogP contribution in [0, 0.1) is 0 Å². The predicted octanol–water partition coefficient (Wildman–Crippen LogP) is 4.48. The fourth-order valence-electron chi connectivity index (χ4n) is 3.42. The maximum Gasteiger partial charge on any atom is 0.258 e. The molecule has 0 fully saturated rings. The smallest absolute Gasteiger partial charge is 0.258 e. The SMILES string of the molecule is CC(C(=O)Nc1cccc(C(=O)N(C)c2ccccc2)c1)c1ccc2c(c1)OCCO2. The molecule has 1 N–H and O–H groups in total. The average molecular weight is 416 g/mol. The van der Waals surface area contributed by atoms with Crippen LogP contribution in [0.4, 0.5) is 11.4 Å². The molecule has 1 heterocycles. The zero-order valence-corrected chi connectivity index (χ0v) is 17.5. The third-order valence-electron chi connectivity index (χ3n) is 5.28. The number of amides is 2. The molecular weight excluding hydrogens is 392 g/mol. The quantitative estimate of drug-likeness (QED) is 0.666. The van der Waals surface area contributed by atoms with E-state index >= 15 is 0 Å². The van der Waals surface area contributed by atoms with E-state index in [2.05, 4.69) is 5.32 Å². The molecule has 3 aromatic carbocycles. The van der Waals surface area contributed by atoms with Gasteiger partial charge in [0.15, 0.2) is 11.5 Å². The number of fused-ring (bicyclic) bond motifs is 1. The fourth-order valence-corrected chi connectivity index (χ4v) is 3.42. The molecule has 1 aliphatic heterocycles. The van der Waals surface area contributed by atoms with Crippen LogP contribution in [0.3, 0.4) is 0 Å². The van der Waals surface area contributed by atoms with Gasteiger partial charge in [0.2, 0.25) is 5.91 Å². The van der Waals surface area contributed by atoms with E-state index in [1.165, 1.54) is 0 Å². The zero-order valence-electron chi connectivity index (χ0n) is 17.5. The Bertz CT molecular complexity index is 1100. The van der Waals surface area contributed by atoms with Crippen molar-refractivity contribution in [1.82, 2.24) is 0 Å². The zero-order chi connectivity index (χ0) is 21.8. The first-order valence-electron chi connectivity index (χ1n) is 10.2. The summed E-state index contributed by atoms with van der Waals surface area (Å²) in [6, 6.07) is 21.9. The van der Waals surface area contributed by atoms with Gasteiger partial charge in [-0.25, -0.2) is 0 Å². The first-order valence-corrected chi connectivity index (χ1v) is 10.2. The molecule has 0 aromatic heterocycles. The van der Waals surface area contributed by atoms with E-state index in [0.717, 1.165) is 11.3 Å². The number of benzene rings is 3. The lowest BCUT2D eigenvalue weighted by atomic mass is 9.99. The molecule has 1 unspecified atom stereocenters. The van der Waals surface area contributed by atoms with Gasteiger partial charge < -0.3 is 19.7 Å². The third kappa shape index (κ3) is 4.53. The molecule has 4 rings (SSSR count). The minimum absolute atomic E-state index is 0.151. The third-order valence-corrected chi connectivity index (χ3v) is 5.28. The lowest BCUT2D eigenvalue weighted by molar-refractivity contribution is -0.117. The van der Waals surface area contributed by atoms with Crippen LogP contribution < -0.4 is 19.7 Å². The molecule has 6 nitrogen and oxygen atoms in total. The number of para-hydroxylation sites is 1. The first-order chi connectivity index (χ1) is 15.0. The highest BCUT2D eigenvalue weighted by Gasteiger charge is 2.20. The molecule has 1 atom stereocenters. The number of nitrogens with zero attached hydrogens (tertiary/aromatic N) is 1. The van der Waals surface area contributed by atoms with Crippen molar-refractivity contribution in [2.75, 3.05) is 30.5 Å². The summed E-state index contributed by atoms with van der Waals surface area (Å²) >= 11 is 0. The minimum atomic E-state index is -0.401. The van der Waals surface area contributed by atoms with Gasteiger partial charge in [0, 0.05) is 24.0 Å². The summed E-state index contributed by atoms with van der Waals surface area (Å²) in [5.74, 6) is 0.623. The van der Waals surface area contributed by atoms with Crippen molar-refractivity contribution in [3.8, 4) is 11.5 Å². The van der Waals surface area contributed by atoms with Gasteiger partial charge in [-0.3, -0.25) is 9.59 Å².